The monoisotopic (exact) mass is 236 g/mol. The van der Waals surface area contributed by atoms with Crippen LogP contribution < -0.4 is 0 Å². The number of nitrogens with zero attached hydrogens (tertiary/aromatic N) is 2. The summed E-state index contributed by atoms with van der Waals surface area (Å²) in [5, 5.41) is 20.3. The molecule has 0 heterocycles. The molecule has 6 nitrogen and oxygen atoms in total. The number of hydrogen-bond acceptors (Lipinski definition) is 4. The van der Waals surface area contributed by atoms with Gasteiger partial charge in [-0.1, -0.05) is 6.07 Å². The van der Waals surface area contributed by atoms with Crippen molar-refractivity contribution in [2.75, 3.05) is 7.05 Å². The fraction of sp³-hybridized carbons (Fsp3) is 0.364. The molecule has 0 unspecified atom stereocenters. The van der Waals surface area contributed by atoms with Crippen LogP contribution in [0.25, 0.3) is 0 Å². The zero-order valence-corrected chi connectivity index (χ0v) is 9.29. The maximum absolute atomic E-state index is 12.0. The zero-order chi connectivity index (χ0) is 12.6. The first-order valence-electron chi connectivity index (χ1n) is 5.26. The Balaban J connectivity index is 2.34. The van der Waals surface area contributed by atoms with Crippen LogP contribution in [-0.2, 0) is 0 Å². The van der Waals surface area contributed by atoms with Gasteiger partial charge >= 0.3 is 5.69 Å². The van der Waals surface area contributed by atoms with Crippen LogP contribution in [0.1, 0.15) is 23.2 Å². The second kappa shape index (κ2) is 4.04. The van der Waals surface area contributed by atoms with Gasteiger partial charge in [0.25, 0.3) is 5.91 Å². The first kappa shape index (κ1) is 11.4. The van der Waals surface area contributed by atoms with Crippen molar-refractivity contribution in [3.05, 3.63) is 33.9 Å². The molecule has 6 heteroatoms. The molecule has 0 radical (unpaired) electrons. The summed E-state index contributed by atoms with van der Waals surface area (Å²) in [5.41, 5.74) is -0.464. The normalized spacial score (nSPS) is 14.4. The molecule has 1 aromatic carbocycles. The quantitative estimate of drug-likeness (QED) is 0.637. The van der Waals surface area contributed by atoms with Crippen LogP contribution in [0.3, 0.4) is 0 Å². The first-order valence-corrected chi connectivity index (χ1v) is 5.26. The van der Waals surface area contributed by atoms with Crippen LogP contribution in [0, 0.1) is 10.1 Å². The van der Waals surface area contributed by atoms with Crippen molar-refractivity contribution < 1.29 is 14.8 Å². The third-order valence-corrected chi connectivity index (χ3v) is 2.86. The Kier molecular flexibility index (Phi) is 2.71. The number of phenolic OH excluding ortho intramolecular Hbond substituents is 1. The number of amides is 1. The molecule has 0 saturated heterocycles. The van der Waals surface area contributed by atoms with Gasteiger partial charge in [-0.25, -0.2) is 0 Å². The first-order chi connectivity index (χ1) is 8.02. The van der Waals surface area contributed by atoms with Crippen molar-refractivity contribution in [1.29, 1.82) is 0 Å². The van der Waals surface area contributed by atoms with Crippen molar-refractivity contribution >= 4 is 11.6 Å². The molecule has 1 aliphatic rings. The van der Waals surface area contributed by atoms with E-state index in [1.807, 2.05) is 0 Å². The van der Waals surface area contributed by atoms with Gasteiger partial charge in [-0.2, -0.15) is 0 Å². The lowest BCUT2D eigenvalue weighted by atomic mass is 10.1. The fourth-order valence-corrected chi connectivity index (χ4v) is 1.67. The molecule has 1 N–H and O–H groups in total. The number of carbonyl (C=O) groups excluding carboxylic acids is 1. The standard InChI is InChI=1S/C11H12N2O4/c1-12(7-5-6-7)11(15)8-3-2-4-9(10(8)14)13(16)17/h2-4,7,14H,5-6H2,1H3. The van der Waals surface area contributed by atoms with Crippen LogP contribution in [0.4, 0.5) is 5.69 Å². The van der Waals surface area contributed by atoms with Crippen molar-refractivity contribution in [1.82, 2.24) is 4.90 Å². The maximum Gasteiger partial charge on any atom is 0.311 e. The molecule has 17 heavy (non-hydrogen) atoms. The minimum atomic E-state index is -0.705. The topological polar surface area (TPSA) is 83.7 Å². The van der Waals surface area contributed by atoms with Gasteiger partial charge in [0.2, 0.25) is 5.75 Å². The van der Waals surface area contributed by atoms with E-state index in [9.17, 15) is 20.0 Å². The molecule has 1 aromatic rings. The predicted octanol–water partition coefficient (Wildman–Crippen LogP) is 1.53. The van der Waals surface area contributed by atoms with Gasteiger partial charge in [0.15, 0.2) is 0 Å². The van der Waals surface area contributed by atoms with Gasteiger partial charge < -0.3 is 10.0 Å². The SMILES string of the molecule is CN(C(=O)c1cccc([N+](=O)[O-])c1O)C1CC1. The third kappa shape index (κ3) is 2.06. The van der Waals surface area contributed by atoms with Crippen molar-refractivity contribution in [3.63, 3.8) is 0 Å². The Labute approximate surface area is 97.6 Å². The van der Waals surface area contributed by atoms with E-state index in [-0.39, 0.29) is 17.5 Å². The van der Waals surface area contributed by atoms with E-state index in [4.69, 9.17) is 0 Å². The molecule has 0 atom stereocenters. The summed E-state index contributed by atoms with van der Waals surface area (Å²) in [7, 11) is 1.64. The van der Waals surface area contributed by atoms with Crippen molar-refractivity contribution in [2.45, 2.75) is 18.9 Å². The van der Waals surface area contributed by atoms with Gasteiger partial charge in [-0.05, 0) is 18.9 Å². The number of benzene rings is 1. The summed E-state index contributed by atoms with van der Waals surface area (Å²) in [6.45, 7) is 0. The van der Waals surface area contributed by atoms with Crippen LogP contribution >= 0.6 is 0 Å². The summed E-state index contributed by atoms with van der Waals surface area (Å²) in [6, 6.07) is 4.15. The number of nitro benzene ring substituents is 1. The Hall–Kier alpha value is -2.11. The van der Waals surface area contributed by atoms with Crippen LogP contribution in [-0.4, -0.2) is 33.9 Å². The second-order valence-corrected chi connectivity index (χ2v) is 4.08. The summed E-state index contributed by atoms with van der Waals surface area (Å²) in [6.07, 6.45) is 1.88. The molecular formula is C11H12N2O4. The summed E-state index contributed by atoms with van der Waals surface area (Å²) >= 11 is 0. The van der Waals surface area contributed by atoms with E-state index in [1.165, 1.54) is 23.1 Å². The van der Waals surface area contributed by atoms with Gasteiger partial charge in [0.1, 0.15) is 0 Å². The predicted molar refractivity (Wildman–Crippen MR) is 59.9 cm³/mol. The number of rotatable bonds is 3. The molecule has 0 bridgehead atoms. The lowest BCUT2D eigenvalue weighted by Crippen LogP contribution is -2.28. The minimum Gasteiger partial charge on any atom is -0.502 e. The largest absolute Gasteiger partial charge is 0.502 e. The average molecular weight is 236 g/mol. The highest BCUT2D eigenvalue weighted by atomic mass is 16.6. The van der Waals surface area contributed by atoms with Crippen molar-refractivity contribution in [3.8, 4) is 5.75 Å². The molecule has 1 aliphatic carbocycles. The number of phenols is 1. The molecule has 0 aliphatic heterocycles. The Morgan fingerprint density at radius 3 is 2.71 bits per heavy atom. The third-order valence-electron chi connectivity index (χ3n) is 2.86. The molecular weight excluding hydrogens is 224 g/mol. The highest BCUT2D eigenvalue weighted by molar-refractivity contribution is 5.98. The molecule has 1 amide bonds. The number of para-hydroxylation sites is 1. The lowest BCUT2D eigenvalue weighted by Gasteiger charge is -2.16. The Morgan fingerprint density at radius 2 is 2.18 bits per heavy atom. The van der Waals surface area contributed by atoms with E-state index in [1.54, 1.807) is 7.05 Å². The van der Waals surface area contributed by atoms with E-state index in [0.29, 0.717) is 0 Å². The number of nitro groups is 1. The van der Waals surface area contributed by atoms with Crippen LogP contribution in [0.15, 0.2) is 18.2 Å². The second-order valence-electron chi connectivity index (χ2n) is 4.08. The zero-order valence-electron chi connectivity index (χ0n) is 9.29. The van der Waals surface area contributed by atoms with Gasteiger partial charge in [-0.15, -0.1) is 0 Å². The fourth-order valence-electron chi connectivity index (χ4n) is 1.67. The minimum absolute atomic E-state index is 0.0198. The maximum atomic E-state index is 12.0. The lowest BCUT2D eigenvalue weighted by molar-refractivity contribution is -0.385. The molecule has 2 rings (SSSR count). The van der Waals surface area contributed by atoms with Gasteiger partial charge in [-0.3, -0.25) is 14.9 Å². The van der Waals surface area contributed by atoms with E-state index < -0.39 is 16.4 Å². The summed E-state index contributed by atoms with van der Waals surface area (Å²) in [4.78, 5) is 23.4. The summed E-state index contributed by atoms with van der Waals surface area (Å²) < 4.78 is 0. The van der Waals surface area contributed by atoms with Crippen LogP contribution in [0.2, 0.25) is 0 Å². The molecule has 0 aromatic heterocycles. The summed E-state index contributed by atoms with van der Waals surface area (Å²) in [5.74, 6) is -0.941. The Bertz CT molecular complexity index is 482. The van der Waals surface area contributed by atoms with Crippen molar-refractivity contribution in [2.24, 2.45) is 0 Å². The average Bonchev–Trinajstić information content (AvgIpc) is 3.11. The van der Waals surface area contributed by atoms with Crippen LogP contribution in [0.5, 0.6) is 5.75 Å². The molecule has 0 spiro atoms. The molecule has 1 saturated carbocycles. The smallest absolute Gasteiger partial charge is 0.311 e. The van der Waals surface area contributed by atoms with Gasteiger partial charge in [0.05, 0.1) is 10.5 Å². The van der Waals surface area contributed by atoms with E-state index in [2.05, 4.69) is 0 Å². The molecule has 1 fully saturated rings. The number of hydrogen-bond donors (Lipinski definition) is 1. The van der Waals surface area contributed by atoms with Gasteiger partial charge in [0, 0.05) is 19.2 Å². The number of aromatic hydroxyl groups is 1. The Morgan fingerprint density at radius 1 is 1.53 bits per heavy atom. The highest BCUT2D eigenvalue weighted by Gasteiger charge is 2.32. The van der Waals surface area contributed by atoms with E-state index >= 15 is 0 Å². The highest BCUT2D eigenvalue weighted by Crippen LogP contribution is 2.32. The van der Waals surface area contributed by atoms with E-state index in [0.717, 1.165) is 12.8 Å². The molecule has 90 valence electrons. The number of carbonyl (C=O) groups is 1.